The van der Waals surface area contributed by atoms with Gasteiger partial charge in [0.25, 0.3) is 11.8 Å². The molecule has 0 bridgehead atoms. The van der Waals surface area contributed by atoms with E-state index in [1.54, 1.807) is 30.3 Å². The third-order valence-electron chi connectivity index (χ3n) is 6.19. The molecular formula is C27H27Cl2N3O3. The van der Waals surface area contributed by atoms with Gasteiger partial charge in [-0.05, 0) is 75.0 Å². The van der Waals surface area contributed by atoms with Crippen molar-refractivity contribution in [2.24, 2.45) is 0 Å². The molecule has 3 aromatic carbocycles. The van der Waals surface area contributed by atoms with E-state index in [0.29, 0.717) is 28.6 Å². The van der Waals surface area contributed by atoms with Crippen molar-refractivity contribution in [3.8, 4) is 5.75 Å². The summed E-state index contributed by atoms with van der Waals surface area (Å²) < 4.78 is 5.51. The average molecular weight is 512 g/mol. The number of anilines is 2. The molecule has 1 unspecified atom stereocenters. The first-order chi connectivity index (χ1) is 16.8. The van der Waals surface area contributed by atoms with Crippen LogP contribution in [0.4, 0.5) is 11.4 Å². The van der Waals surface area contributed by atoms with E-state index in [9.17, 15) is 9.59 Å². The number of amides is 2. The zero-order valence-corrected chi connectivity index (χ0v) is 21.4. The molecule has 1 atom stereocenters. The second kappa shape index (κ2) is 10.7. The largest absolute Gasteiger partial charge is 0.495 e. The number of fused-ring (bicyclic) bond motifs is 1. The van der Waals surface area contributed by atoms with Gasteiger partial charge in [0.05, 0.1) is 23.4 Å². The van der Waals surface area contributed by atoms with E-state index >= 15 is 0 Å². The minimum absolute atomic E-state index is 0.117. The lowest BCUT2D eigenvalue weighted by Crippen LogP contribution is -2.32. The Balaban J connectivity index is 1.61. The van der Waals surface area contributed by atoms with Crippen LogP contribution in [-0.4, -0.2) is 44.5 Å². The van der Waals surface area contributed by atoms with Gasteiger partial charge in [-0.1, -0.05) is 41.4 Å². The fraction of sp³-hybridized carbons (Fsp3) is 0.259. The molecule has 0 radical (unpaired) electrons. The normalized spacial score (nSPS) is 15.4. The van der Waals surface area contributed by atoms with Crippen LogP contribution in [0.2, 0.25) is 10.0 Å². The number of hydrogen-bond acceptors (Lipinski definition) is 4. The molecule has 0 saturated carbocycles. The smallest absolute Gasteiger partial charge is 0.258 e. The Morgan fingerprint density at radius 2 is 1.83 bits per heavy atom. The van der Waals surface area contributed by atoms with Crippen molar-refractivity contribution in [3.05, 3.63) is 87.4 Å². The molecule has 182 valence electrons. The number of rotatable bonds is 5. The van der Waals surface area contributed by atoms with E-state index in [2.05, 4.69) is 30.4 Å². The summed E-state index contributed by atoms with van der Waals surface area (Å²) in [5, 5.41) is 3.50. The fourth-order valence-corrected chi connectivity index (χ4v) is 4.92. The molecule has 1 aliphatic heterocycles. The van der Waals surface area contributed by atoms with Crippen LogP contribution in [0.5, 0.6) is 5.75 Å². The summed E-state index contributed by atoms with van der Waals surface area (Å²) in [7, 11) is 5.62. The first-order valence-electron chi connectivity index (χ1n) is 11.3. The van der Waals surface area contributed by atoms with Gasteiger partial charge < -0.3 is 19.9 Å². The van der Waals surface area contributed by atoms with Gasteiger partial charge in [-0.15, -0.1) is 0 Å². The number of benzene rings is 3. The fourth-order valence-electron chi connectivity index (χ4n) is 4.43. The van der Waals surface area contributed by atoms with Gasteiger partial charge in [0.2, 0.25) is 0 Å². The molecular weight excluding hydrogens is 485 g/mol. The van der Waals surface area contributed by atoms with Crippen molar-refractivity contribution in [1.29, 1.82) is 0 Å². The van der Waals surface area contributed by atoms with E-state index in [1.165, 1.54) is 13.2 Å². The second-order valence-electron chi connectivity index (χ2n) is 8.63. The topological polar surface area (TPSA) is 61.9 Å². The molecule has 0 saturated heterocycles. The Kier molecular flexibility index (Phi) is 7.65. The first-order valence-corrected chi connectivity index (χ1v) is 12.1. The highest BCUT2D eigenvalue weighted by atomic mass is 35.5. The first kappa shape index (κ1) is 25.0. The molecule has 1 heterocycles. The Hall–Kier alpha value is -3.06. The lowest BCUT2D eigenvalue weighted by atomic mass is 10.0. The summed E-state index contributed by atoms with van der Waals surface area (Å²) in [6, 6.07) is 18.0. The minimum Gasteiger partial charge on any atom is -0.495 e. The van der Waals surface area contributed by atoms with Crippen LogP contribution in [0, 0.1) is 0 Å². The van der Waals surface area contributed by atoms with Crippen molar-refractivity contribution in [2.75, 3.05) is 38.0 Å². The molecule has 1 aliphatic rings. The summed E-state index contributed by atoms with van der Waals surface area (Å²) in [6.45, 7) is 0.621. The van der Waals surface area contributed by atoms with Crippen molar-refractivity contribution in [3.63, 3.8) is 0 Å². The van der Waals surface area contributed by atoms with E-state index in [-0.39, 0.29) is 22.5 Å². The average Bonchev–Trinajstić information content (AvgIpc) is 3.03. The molecule has 0 fully saturated rings. The van der Waals surface area contributed by atoms with Gasteiger partial charge in [0.15, 0.2) is 0 Å². The van der Waals surface area contributed by atoms with E-state index in [4.69, 9.17) is 27.9 Å². The standard InChI is InChI=1S/C27H27Cl2N3O3/c1-31(2)23-9-6-14-32(24-8-5-4-7-20(23)24)27(34)17-10-13-22(25(15-17)35-3)30-26(33)19-12-11-18(28)16-21(19)29/h4-5,7-8,10-13,15-16,23H,6,9,14H2,1-3H3,(H,30,33). The molecule has 4 rings (SSSR count). The maximum Gasteiger partial charge on any atom is 0.258 e. The lowest BCUT2D eigenvalue weighted by Gasteiger charge is -2.27. The number of nitrogens with zero attached hydrogens (tertiary/aromatic N) is 2. The highest BCUT2D eigenvalue weighted by molar-refractivity contribution is 6.37. The van der Waals surface area contributed by atoms with Gasteiger partial charge in [0, 0.05) is 28.9 Å². The predicted molar refractivity (Wildman–Crippen MR) is 141 cm³/mol. The molecule has 0 spiro atoms. The number of ether oxygens (including phenoxy) is 1. The number of carbonyl (C=O) groups excluding carboxylic acids is 2. The SMILES string of the molecule is COc1cc(C(=O)N2CCCC(N(C)C)c3ccccc32)ccc1NC(=O)c1ccc(Cl)cc1Cl. The zero-order valence-electron chi connectivity index (χ0n) is 19.8. The molecule has 1 N–H and O–H groups in total. The quantitative estimate of drug-likeness (QED) is 0.436. The highest BCUT2D eigenvalue weighted by Crippen LogP contribution is 2.37. The summed E-state index contributed by atoms with van der Waals surface area (Å²) in [5.74, 6) is -0.141. The van der Waals surface area contributed by atoms with Crippen LogP contribution < -0.4 is 15.0 Å². The third kappa shape index (κ3) is 5.30. The van der Waals surface area contributed by atoms with Crippen LogP contribution in [0.15, 0.2) is 60.7 Å². The molecule has 0 aromatic heterocycles. The molecule has 8 heteroatoms. The molecule has 3 aromatic rings. The molecule has 2 amide bonds. The van der Waals surface area contributed by atoms with E-state index in [1.807, 2.05) is 23.1 Å². The molecule has 35 heavy (non-hydrogen) atoms. The van der Waals surface area contributed by atoms with Crippen LogP contribution >= 0.6 is 23.2 Å². The van der Waals surface area contributed by atoms with Gasteiger partial charge in [-0.2, -0.15) is 0 Å². The minimum atomic E-state index is -0.403. The summed E-state index contributed by atoms with van der Waals surface area (Å²) in [5.41, 5.74) is 3.25. The number of nitrogens with one attached hydrogen (secondary N) is 1. The van der Waals surface area contributed by atoms with Gasteiger partial charge >= 0.3 is 0 Å². The van der Waals surface area contributed by atoms with Gasteiger partial charge in [-0.3, -0.25) is 9.59 Å². The van der Waals surface area contributed by atoms with E-state index < -0.39 is 5.91 Å². The number of carbonyl (C=O) groups is 2. The van der Waals surface area contributed by atoms with Crippen molar-refractivity contribution in [2.45, 2.75) is 18.9 Å². The van der Waals surface area contributed by atoms with E-state index in [0.717, 1.165) is 24.1 Å². The predicted octanol–water partition coefficient (Wildman–Crippen LogP) is 6.30. The maximum absolute atomic E-state index is 13.6. The number of hydrogen-bond donors (Lipinski definition) is 1. The van der Waals surface area contributed by atoms with Crippen LogP contribution in [0.3, 0.4) is 0 Å². The summed E-state index contributed by atoms with van der Waals surface area (Å²) in [6.07, 6.45) is 1.85. The molecule has 0 aliphatic carbocycles. The molecule has 6 nitrogen and oxygen atoms in total. The number of para-hydroxylation sites is 1. The Labute approximate surface area is 215 Å². The Morgan fingerprint density at radius 1 is 1.06 bits per heavy atom. The third-order valence-corrected chi connectivity index (χ3v) is 6.73. The van der Waals surface area contributed by atoms with Crippen molar-refractivity contribution in [1.82, 2.24) is 4.90 Å². The van der Waals surface area contributed by atoms with Crippen LogP contribution in [-0.2, 0) is 0 Å². The Morgan fingerprint density at radius 3 is 2.54 bits per heavy atom. The highest BCUT2D eigenvalue weighted by Gasteiger charge is 2.28. The zero-order chi connectivity index (χ0) is 25.1. The van der Waals surface area contributed by atoms with Crippen molar-refractivity contribution >= 4 is 46.4 Å². The lowest BCUT2D eigenvalue weighted by molar-refractivity contribution is 0.0985. The second-order valence-corrected chi connectivity index (χ2v) is 9.47. The summed E-state index contributed by atoms with van der Waals surface area (Å²) in [4.78, 5) is 30.4. The van der Waals surface area contributed by atoms with Gasteiger partial charge in [-0.25, -0.2) is 0 Å². The number of halogens is 2. The summed E-state index contributed by atoms with van der Waals surface area (Å²) >= 11 is 12.1. The van der Waals surface area contributed by atoms with Crippen molar-refractivity contribution < 1.29 is 14.3 Å². The Bertz CT molecular complexity index is 1260. The number of methoxy groups -OCH3 is 1. The van der Waals surface area contributed by atoms with Crippen LogP contribution in [0.25, 0.3) is 0 Å². The van der Waals surface area contributed by atoms with Gasteiger partial charge in [0.1, 0.15) is 5.75 Å². The van der Waals surface area contributed by atoms with Crippen LogP contribution in [0.1, 0.15) is 45.2 Å². The monoisotopic (exact) mass is 511 g/mol. The maximum atomic E-state index is 13.6.